The molecule has 0 aromatic heterocycles. The highest BCUT2D eigenvalue weighted by molar-refractivity contribution is 5.89. The summed E-state index contributed by atoms with van der Waals surface area (Å²) in [5, 5.41) is 2.66. The van der Waals surface area contributed by atoms with Crippen molar-refractivity contribution in [1.29, 1.82) is 0 Å². The molecule has 2 aromatic rings. The van der Waals surface area contributed by atoms with Gasteiger partial charge in [0.2, 0.25) is 0 Å². The second kappa shape index (κ2) is 10.1. The molecule has 0 saturated carbocycles. The van der Waals surface area contributed by atoms with Crippen LogP contribution in [-0.2, 0) is 32.0 Å². The van der Waals surface area contributed by atoms with E-state index in [1.165, 1.54) is 14.2 Å². The molecular weight excluding hydrogens is 362 g/mol. The lowest BCUT2D eigenvalue weighted by Gasteiger charge is -2.10. The molecule has 0 spiro atoms. The van der Waals surface area contributed by atoms with Gasteiger partial charge in [0, 0.05) is 12.1 Å². The Hall–Kier alpha value is -3.35. The Balaban J connectivity index is 1.78. The van der Waals surface area contributed by atoms with E-state index in [9.17, 15) is 14.4 Å². The molecule has 2 aromatic carbocycles. The van der Waals surface area contributed by atoms with Crippen LogP contribution in [0.25, 0.3) is 0 Å². The summed E-state index contributed by atoms with van der Waals surface area (Å²) in [6, 6.07) is 12.2. The van der Waals surface area contributed by atoms with Crippen molar-refractivity contribution in [3.05, 3.63) is 64.7 Å². The van der Waals surface area contributed by atoms with Crippen molar-refractivity contribution in [2.45, 2.75) is 19.9 Å². The molecule has 28 heavy (non-hydrogen) atoms. The lowest BCUT2D eigenvalue weighted by atomic mass is 10.1. The molecule has 7 nitrogen and oxygen atoms in total. The van der Waals surface area contributed by atoms with E-state index < -0.39 is 17.8 Å². The molecule has 0 aliphatic rings. The lowest BCUT2D eigenvalue weighted by Crippen LogP contribution is -2.28. The first-order valence-corrected chi connectivity index (χ1v) is 8.66. The van der Waals surface area contributed by atoms with Gasteiger partial charge < -0.3 is 19.5 Å². The summed E-state index contributed by atoms with van der Waals surface area (Å²) in [6.07, 6.45) is 0.0210. The number of benzene rings is 2. The summed E-state index contributed by atoms with van der Waals surface area (Å²) in [4.78, 5) is 35.3. The van der Waals surface area contributed by atoms with Crippen LogP contribution in [-0.4, -0.2) is 38.7 Å². The average molecular weight is 385 g/mol. The Morgan fingerprint density at radius 2 is 1.71 bits per heavy atom. The molecule has 148 valence electrons. The summed E-state index contributed by atoms with van der Waals surface area (Å²) in [5.74, 6) is -0.752. The summed E-state index contributed by atoms with van der Waals surface area (Å²) in [5.41, 5.74) is 2.94. The largest absolute Gasteiger partial charge is 0.496 e. The number of aryl methyl sites for hydroxylation is 1. The number of methoxy groups -OCH3 is 2. The normalized spacial score (nSPS) is 10.1. The predicted octanol–water partition coefficient (Wildman–Crippen LogP) is 2.19. The van der Waals surface area contributed by atoms with Crippen LogP contribution in [0.5, 0.6) is 5.75 Å². The number of nitrogens with one attached hydrogen (secondary N) is 1. The molecule has 7 heteroatoms. The molecule has 0 unspecified atom stereocenters. The first kappa shape index (κ1) is 21.0. The summed E-state index contributed by atoms with van der Waals surface area (Å²) >= 11 is 0. The Morgan fingerprint density at radius 1 is 1.00 bits per heavy atom. The molecule has 0 bridgehead atoms. The lowest BCUT2D eigenvalue weighted by molar-refractivity contribution is -0.147. The molecule has 0 atom stereocenters. The van der Waals surface area contributed by atoms with Gasteiger partial charge in [-0.25, -0.2) is 4.79 Å². The fraction of sp³-hybridized carbons (Fsp3) is 0.286. The quantitative estimate of drug-likeness (QED) is 0.701. The molecule has 0 aliphatic carbocycles. The minimum atomic E-state index is -0.513. The maximum atomic E-state index is 12.0. The molecule has 0 heterocycles. The number of hydrogen-bond donors (Lipinski definition) is 1. The van der Waals surface area contributed by atoms with Crippen molar-refractivity contribution in [2.75, 3.05) is 20.8 Å². The van der Waals surface area contributed by atoms with Gasteiger partial charge in [-0.15, -0.1) is 0 Å². The molecule has 1 amide bonds. The van der Waals surface area contributed by atoms with Gasteiger partial charge in [-0.2, -0.15) is 0 Å². The second-order valence-electron chi connectivity index (χ2n) is 6.12. The van der Waals surface area contributed by atoms with Gasteiger partial charge in [0.15, 0.2) is 6.61 Å². The summed E-state index contributed by atoms with van der Waals surface area (Å²) in [7, 11) is 2.84. The van der Waals surface area contributed by atoms with Gasteiger partial charge >= 0.3 is 11.9 Å². The van der Waals surface area contributed by atoms with Crippen molar-refractivity contribution in [2.24, 2.45) is 0 Å². The monoisotopic (exact) mass is 385 g/mol. The van der Waals surface area contributed by atoms with E-state index in [2.05, 4.69) is 10.1 Å². The van der Waals surface area contributed by atoms with E-state index in [4.69, 9.17) is 9.47 Å². The highest BCUT2D eigenvalue weighted by Gasteiger charge is 2.12. The van der Waals surface area contributed by atoms with Gasteiger partial charge in [0.05, 0.1) is 26.2 Å². The van der Waals surface area contributed by atoms with E-state index in [0.717, 1.165) is 11.1 Å². The van der Waals surface area contributed by atoms with E-state index in [0.29, 0.717) is 16.9 Å². The maximum Gasteiger partial charge on any atom is 0.337 e. The van der Waals surface area contributed by atoms with Gasteiger partial charge in [-0.3, -0.25) is 9.59 Å². The highest BCUT2D eigenvalue weighted by Crippen LogP contribution is 2.20. The third-order valence-electron chi connectivity index (χ3n) is 4.00. The third-order valence-corrected chi connectivity index (χ3v) is 4.00. The number of carbonyl (C=O) groups is 3. The summed E-state index contributed by atoms with van der Waals surface area (Å²) < 4.78 is 14.9. The number of ether oxygens (including phenoxy) is 3. The number of amides is 1. The second-order valence-corrected chi connectivity index (χ2v) is 6.12. The zero-order valence-corrected chi connectivity index (χ0v) is 16.1. The Morgan fingerprint density at radius 3 is 2.36 bits per heavy atom. The minimum absolute atomic E-state index is 0.0210. The van der Waals surface area contributed by atoms with Crippen LogP contribution in [0.15, 0.2) is 42.5 Å². The Bertz CT molecular complexity index is 844. The number of rotatable bonds is 8. The predicted molar refractivity (Wildman–Crippen MR) is 102 cm³/mol. The van der Waals surface area contributed by atoms with Crippen LogP contribution in [0, 0.1) is 6.92 Å². The van der Waals surface area contributed by atoms with Crippen LogP contribution in [0.1, 0.15) is 27.0 Å². The average Bonchev–Trinajstić information content (AvgIpc) is 2.70. The third kappa shape index (κ3) is 6.12. The van der Waals surface area contributed by atoms with Gasteiger partial charge in [0.25, 0.3) is 5.91 Å². The van der Waals surface area contributed by atoms with Crippen LogP contribution in [0.3, 0.4) is 0 Å². The van der Waals surface area contributed by atoms with E-state index in [-0.39, 0.29) is 19.6 Å². The molecule has 2 rings (SSSR count). The zero-order valence-electron chi connectivity index (χ0n) is 16.1. The number of esters is 2. The van der Waals surface area contributed by atoms with Crippen molar-refractivity contribution >= 4 is 17.8 Å². The van der Waals surface area contributed by atoms with Crippen LogP contribution >= 0.6 is 0 Å². The van der Waals surface area contributed by atoms with Crippen LogP contribution < -0.4 is 10.1 Å². The van der Waals surface area contributed by atoms with E-state index in [1.807, 2.05) is 19.1 Å². The number of carbonyl (C=O) groups excluding carboxylic acids is 3. The van der Waals surface area contributed by atoms with Crippen molar-refractivity contribution in [1.82, 2.24) is 5.32 Å². The van der Waals surface area contributed by atoms with Crippen LogP contribution in [0.4, 0.5) is 0 Å². The SMILES string of the molecule is COC(=O)c1ccc(CNC(=O)COC(=O)Cc2cc(C)ccc2OC)cc1. The molecule has 1 N–H and O–H groups in total. The van der Waals surface area contributed by atoms with Gasteiger partial charge in [0.1, 0.15) is 5.75 Å². The maximum absolute atomic E-state index is 12.0. The Labute approximate surface area is 163 Å². The molecule has 0 aliphatic heterocycles. The Kier molecular flexibility index (Phi) is 7.56. The topological polar surface area (TPSA) is 90.9 Å². The molecule has 0 fully saturated rings. The first-order valence-electron chi connectivity index (χ1n) is 8.66. The fourth-order valence-corrected chi connectivity index (χ4v) is 2.53. The molecular formula is C21H23NO6. The summed E-state index contributed by atoms with van der Waals surface area (Å²) in [6.45, 7) is 1.80. The van der Waals surface area contributed by atoms with Crippen LogP contribution in [0.2, 0.25) is 0 Å². The highest BCUT2D eigenvalue weighted by atomic mass is 16.5. The van der Waals surface area contributed by atoms with Gasteiger partial charge in [-0.05, 0) is 30.7 Å². The fourth-order valence-electron chi connectivity index (χ4n) is 2.53. The molecule has 0 radical (unpaired) electrons. The molecule has 0 saturated heterocycles. The smallest absolute Gasteiger partial charge is 0.337 e. The van der Waals surface area contributed by atoms with Crippen molar-refractivity contribution in [3.8, 4) is 5.75 Å². The standard InChI is InChI=1S/C21H23NO6/c1-14-4-9-18(26-2)17(10-14)11-20(24)28-13-19(23)22-12-15-5-7-16(8-6-15)21(25)27-3/h4-10H,11-13H2,1-3H3,(H,22,23). The van der Waals surface area contributed by atoms with Crippen molar-refractivity contribution in [3.63, 3.8) is 0 Å². The first-order chi connectivity index (χ1) is 13.4. The van der Waals surface area contributed by atoms with E-state index in [1.54, 1.807) is 30.3 Å². The zero-order chi connectivity index (χ0) is 20.5. The van der Waals surface area contributed by atoms with Crippen molar-refractivity contribution < 1.29 is 28.6 Å². The minimum Gasteiger partial charge on any atom is -0.496 e. The van der Waals surface area contributed by atoms with Gasteiger partial charge in [-0.1, -0.05) is 29.8 Å². The van der Waals surface area contributed by atoms with E-state index >= 15 is 0 Å². The number of hydrogen-bond acceptors (Lipinski definition) is 6.